The quantitative estimate of drug-likeness (QED) is 0.716. The minimum atomic E-state index is -0.339. The Labute approximate surface area is 103 Å². The fourth-order valence-electron chi connectivity index (χ4n) is 1.71. The van der Waals surface area contributed by atoms with Gasteiger partial charge in [-0.25, -0.2) is 4.79 Å². The van der Waals surface area contributed by atoms with Crippen molar-refractivity contribution in [2.75, 3.05) is 20.7 Å². The van der Waals surface area contributed by atoms with Gasteiger partial charge in [-0.3, -0.25) is 4.90 Å². The lowest BCUT2D eigenvalue weighted by Gasteiger charge is -2.13. The van der Waals surface area contributed by atoms with E-state index >= 15 is 0 Å². The molecule has 1 heterocycles. The first-order chi connectivity index (χ1) is 8.08. The first-order valence-electron chi connectivity index (χ1n) is 5.94. The molecule has 0 spiro atoms. The Bertz CT molecular complexity index is 371. The molecule has 17 heavy (non-hydrogen) atoms. The van der Waals surface area contributed by atoms with Gasteiger partial charge in [-0.15, -0.1) is 0 Å². The second kappa shape index (κ2) is 6.45. The highest BCUT2D eigenvalue weighted by molar-refractivity contribution is 5.90. The Balaban J connectivity index is 2.63. The van der Waals surface area contributed by atoms with Gasteiger partial charge in [-0.1, -0.05) is 13.3 Å². The zero-order chi connectivity index (χ0) is 12.8. The zero-order valence-corrected chi connectivity index (χ0v) is 11.1. The molecule has 1 rings (SSSR count). The molecule has 1 aromatic rings. The number of carbonyl (C=O) groups excluding carboxylic acids is 1. The van der Waals surface area contributed by atoms with E-state index in [0.29, 0.717) is 11.3 Å². The number of methoxy groups -OCH3 is 1. The number of carbonyl (C=O) groups is 1. The van der Waals surface area contributed by atoms with Gasteiger partial charge < -0.3 is 9.15 Å². The second-order valence-corrected chi connectivity index (χ2v) is 4.27. The molecule has 1 aromatic heterocycles. The number of rotatable bonds is 6. The Morgan fingerprint density at radius 3 is 2.82 bits per heavy atom. The number of aryl methyl sites for hydroxylation is 1. The van der Waals surface area contributed by atoms with Gasteiger partial charge in [0.15, 0.2) is 0 Å². The fraction of sp³-hybridized carbons (Fsp3) is 0.615. The van der Waals surface area contributed by atoms with E-state index in [2.05, 4.69) is 16.6 Å². The smallest absolute Gasteiger partial charge is 0.341 e. The maximum Gasteiger partial charge on any atom is 0.341 e. The van der Waals surface area contributed by atoms with E-state index in [9.17, 15) is 4.79 Å². The minimum Gasteiger partial charge on any atom is -0.465 e. The van der Waals surface area contributed by atoms with Crippen molar-refractivity contribution < 1.29 is 13.9 Å². The highest BCUT2D eigenvalue weighted by Gasteiger charge is 2.15. The van der Waals surface area contributed by atoms with Crippen molar-refractivity contribution in [1.29, 1.82) is 0 Å². The normalized spacial score (nSPS) is 10.9. The molecule has 0 bridgehead atoms. The first kappa shape index (κ1) is 13.8. The summed E-state index contributed by atoms with van der Waals surface area (Å²) in [5.41, 5.74) is 0.520. The standard InChI is InChI=1S/C13H21NO3/c1-5-6-7-14(3)9-11-8-12(10(2)17-11)13(15)16-4/h8H,5-7,9H2,1-4H3. The molecule has 0 aliphatic carbocycles. The van der Waals surface area contributed by atoms with E-state index in [1.54, 1.807) is 13.0 Å². The van der Waals surface area contributed by atoms with Crippen molar-refractivity contribution in [2.24, 2.45) is 0 Å². The third-order valence-electron chi connectivity index (χ3n) is 2.69. The van der Waals surface area contributed by atoms with Gasteiger partial charge in [-0.05, 0) is 33.0 Å². The van der Waals surface area contributed by atoms with Crippen LogP contribution in [-0.2, 0) is 11.3 Å². The highest BCUT2D eigenvalue weighted by Crippen LogP contribution is 2.17. The van der Waals surface area contributed by atoms with Crippen LogP contribution in [0.3, 0.4) is 0 Å². The average molecular weight is 239 g/mol. The summed E-state index contributed by atoms with van der Waals surface area (Å²) >= 11 is 0. The van der Waals surface area contributed by atoms with E-state index in [4.69, 9.17) is 4.42 Å². The number of nitrogens with zero attached hydrogens (tertiary/aromatic N) is 1. The van der Waals surface area contributed by atoms with Crippen molar-refractivity contribution in [1.82, 2.24) is 4.90 Å². The predicted molar refractivity (Wildman–Crippen MR) is 66.0 cm³/mol. The molecule has 0 radical (unpaired) electrons. The van der Waals surface area contributed by atoms with Gasteiger partial charge in [0.1, 0.15) is 17.1 Å². The largest absolute Gasteiger partial charge is 0.465 e. The molecule has 0 amide bonds. The van der Waals surface area contributed by atoms with Crippen molar-refractivity contribution in [3.63, 3.8) is 0 Å². The lowest BCUT2D eigenvalue weighted by molar-refractivity contribution is 0.0599. The molecule has 0 saturated heterocycles. The van der Waals surface area contributed by atoms with Crippen LogP contribution < -0.4 is 0 Å². The van der Waals surface area contributed by atoms with Crippen molar-refractivity contribution in [3.8, 4) is 0 Å². The summed E-state index contributed by atoms with van der Waals surface area (Å²) in [6.07, 6.45) is 2.34. The minimum absolute atomic E-state index is 0.339. The molecular weight excluding hydrogens is 218 g/mol. The predicted octanol–water partition coefficient (Wildman–Crippen LogP) is 2.61. The number of esters is 1. The van der Waals surface area contributed by atoms with Crippen LogP contribution in [0.5, 0.6) is 0 Å². The van der Waals surface area contributed by atoms with Crippen LogP contribution in [0.4, 0.5) is 0 Å². The maximum absolute atomic E-state index is 11.4. The summed E-state index contributed by atoms with van der Waals surface area (Å²) in [6.45, 7) is 5.70. The van der Waals surface area contributed by atoms with Gasteiger partial charge in [-0.2, -0.15) is 0 Å². The van der Waals surface area contributed by atoms with Crippen LogP contribution in [0, 0.1) is 6.92 Å². The molecule has 0 atom stereocenters. The number of furan rings is 1. The Morgan fingerprint density at radius 1 is 1.53 bits per heavy atom. The molecule has 4 nitrogen and oxygen atoms in total. The molecule has 96 valence electrons. The van der Waals surface area contributed by atoms with E-state index in [0.717, 1.165) is 18.8 Å². The molecule has 0 aliphatic rings. The Morgan fingerprint density at radius 2 is 2.24 bits per heavy atom. The fourth-order valence-corrected chi connectivity index (χ4v) is 1.71. The first-order valence-corrected chi connectivity index (χ1v) is 5.94. The van der Waals surface area contributed by atoms with E-state index in [1.165, 1.54) is 20.0 Å². The van der Waals surface area contributed by atoms with Crippen molar-refractivity contribution >= 4 is 5.97 Å². The average Bonchev–Trinajstić information content (AvgIpc) is 2.66. The summed E-state index contributed by atoms with van der Waals surface area (Å²) in [6, 6.07) is 1.77. The zero-order valence-electron chi connectivity index (χ0n) is 11.1. The van der Waals surface area contributed by atoms with E-state index in [-0.39, 0.29) is 5.97 Å². The van der Waals surface area contributed by atoms with E-state index in [1.807, 2.05) is 7.05 Å². The Hall–Kier alpha value is -1.29. The van der Waals surface area contributed by atoms with Gasteiger partial charge in [0.25, 0.3) is 0 Å². The van der Waals surface area contributed by atoms with Gasteiger partial charge >= 0.3 is 5.97 Å². The summed E-state index contributed by atoms with van der Waals surface area (Å²) in [5.74, 6) is 1.09. The molecular formula is C13H21NO3. The molecule has 0 N–H and O–H groups in total. The topological polar surface area (TPSA) is 42.7 Å². The third kappa shape index (κ3) is 3.89. The number of hydrogen-bond acceptors (Lipinski definition) is 4. The molecule has 0 unspecified atom stereocenters. The van der Waals surface area contributed by atoms with Crippen LogP contribution in [0.25, 0.3) is 0 Å². The number of hydrogen-bond donors (Lipinski definition) is 0. The number of ether oxygens (including phenoxy) is 1. The van der Waals surface area contributed by atoms with Crippen LogP contribution in [0.1, 0.15) is 41.6 Å². The molecule has 0 fully saturated rings. The summed E-state index contributed by atoms with van der Waals surface area (Å²) < 4.78 is 10.2. The van der Waals surface area contributed by atoms with Crippen LogP contribution in [0.2, 0.25) is 0 Å². The molecule has 4 heteroatoms. The monoisotopic (exact) mass is 239 g/mol. The summed E-state index contributed by atoms with van der Waals surface area (Å²) in [7, 11) is 3.42. The number of unbranched alkanes of at least 4 members (excludes halogenated alkanes) is 1. The van der Waals surface area contributed by atoms with Gasteiger partial charge in [0.05, 0.1) is 13.7 Å². The van der Waals surface area contributed by atoms with Crippen LogP contribution in [-0.4, -0.2) is 31.6 Å². The van der Waals surface area contributed by atoms with Crippen molar-refractivity contribution in [3.05, 3.63) is 23.2 Å². The van der Waals surface area contributed by atoms with Crippen LogP contribution >= 0.6 is 0 Å². The third-order valence-corrected chi connectivity index (χ3v) is 2.69. The molecule has 0 aromatic carbocycles. The summed E-state index contributed by atoms with van der Waals surface area (Å²) in [5, 5.41) is 0. The summed E-state index contributed by atoms with van der Waals surface area (Å²) in [4.78, 5) is 13.6. The SMILES string of the molecule is CCCCN(C)Cc1cc(C(=O)OC)c(C)o1. The highest BCUT2D eigenvalue weighted by atomic mass is 16.5. The maximum atomic E-state index is 11.4. The van der Waals surface area contributed by atoms with Crippen molar-refractivity contribution in [2.45, 2.75) is 33.2 Å². The molecule has 0 saturated carbocycles. The van der Waals surface area contributed by atoms with Gasteiger partial charge in [0.2, 0.25) is 0 Å². The lowest BCUT2D eigenvalue weighted by atomic mass is 10.2. The lowest BCUT2D eigenvalue weighted by Crippen LogP contribution is -2.18. The second-order valence-electron chi connectivity index (χ2n) is 4.27. The molecule has 0 aliphatic heterocycles. The Kier molecular flexibility index (Phi) is 5.22. The van der Waals surface area contributed by atoms with Crippen LogP contribution in [0.15, 0.2) is 10.5 Å². The van der Waals surface area contributed by atoms with Gasteiger partial charge in [0, 0.05) is 0 Å². The van der Waals surface area contributed by atoms with E-state index < -0.39 is 0 Å².